The van der Waals surface area contributed by atoms with Crippen molar-refractivity contribution in [3.8, 4) is 11.5 Å². The van der Waals surface area contributed by atoms with Crippen LogP contribution in [0, 0.1) is 24.7 Å². The minimum absolute atomic E-state index is 0. The van der Waals surface area contributed by atoms with Gasteiger partial charge in [-0.2, -0.15) is 0 Å². The zero-order valence-electron chi connectivity index (χ0n) is 37.1. The SMILES string of the molecule is C.C=C(C)CC1(CCCc2ccc(C)cc2)CCN(Cc2ccc(OC)cc2)CC1.COc1ccc(CN2CCC3(CC2)CN(Cc2ccc(C)cc2)C(C)(C)C3)cc1. The van der Waals surface area contributed by atoms with Crippen LogP contribution in [0.5, 0.6) is 11.5 Å². The molecule has 0 radical (unpaired) electrons. The molecule has 4 aromatic carbocycles. The number of rotatable bonds is 14. The fourth-order valence-electron chi connectivity index (χ4n) is 10.1. The highest BCUT2D eigenvalue weighted by Crippen LogP contribution is 2.48. The van der Waals surface area contributed by atoms with Crippen molar-refractivity contribution in [2.45, 2.75) is 125 Å². The van der Waals surface area contributed by atoms with Crippen molar-refractivity contribution in [2.24, 2.45) is 10.8 Å². The molecule has 320 valence electrons. The van der Waals surface area contributed by atoms with E-state index in [4.69, 9.17) is 9.47 Å². The average Bonchev–Trinajstić information content (AvgIpc) is 3.46. The van der Waals surface area contributed by atoms with E-state index in [-0.39, 0.29) is 13.0 Å². The molecule has 3 saturated heterocycles. The van der Waals surface area contributed by atoms with E-state index < -0.39 is 0 Å². The van der Waals surface area contributed by atoms with E-state index in [1.165, 1.54) is 129 Å². The molecule has 0 saturated carbocycles. The number of methoxy groups -OCH3 is 2. The molecule has 0 N–H and O–H groups in total. The van der Waals surface area contributed by atoms with Crippen LogP contribution >= 0.6 is 0 Å². The lowest BCUT2D eigenvalue weighted by atomic mass is 9.70. The van der Waals surface area contributed by atoms with Gasteiger partial charge in [-0.25, -0.2) is 0 Å². The molecular weight excluding hydrogens is 723 g/mol. The van der Waals surface area contributed by atoms with Gasteiger partial charge in [0, 0.05) is 31.7 Å². The number of piperidine rings is 2. The van der Waals surface area contributed by atoms with Gasteiger partial charge < -0.3 is 9.47 Å². The number of likely N-dealkylation sites (tertiary alicyclic amines) is 3. The molecule has 5 nitrogen and oxygen atoms in total. The number of hydrogen-bond acceptors (Lipinski definition) is 5. The summed E-state index contributed by atoms with van der Waals surface area (Å²) < 4.78 is 10.6. The maximum atomic E-state index is 5.28. The molecule has 0 bridgehead atoms. The zero-order valence-corrected chi connectivity index (χ0v) is 37.1. The van der Waals surface area contributed by atoms with Crippen molar-refractivity contribution in [2.75, 3.05) is 46.9 Å². The van der Waals surface area contributed by atoms with Gasteiger partial charge in [0.05, 0.1) is 14.2 Å². The maximum Gasteiger partial charge on any atom is 0.118 e. The van der Waals surface area contributed by atoms with Crippen LogP contribution in [-0.4, -0.2) is 67.2 Å². The average molecular weight is 800 g/mol. The summed E-state index contributed by atoms with van der Waals surface area (Å²) in [5, 5.41) is 0. The Kier molecular flexibility index (Phi) is 16.5. The first-order chi connectivity index (χ1) is 27.8. The van der Waals surface area contributed by atoms with Crippen LogP contribution in [0.15, 0.2) is 109 Å². The van der Waals surface area contributed by atoms with Crippen LogP contribution in [0.2, 0.25) is 0 Å². The van der Waals surface area contributed by atoms with Crippen molar-refractivity contribution < 1.29 is 9.47 Å². The van der Waals surface area contributed by atoms with E-state index in [1.54, 1.807) is 14.2 Å². The summed E-state index contributed by atoms with van der Waals surface area (Å²) in [6, 6.07) is 35.2. The van der Waals surface area contributed by atoms with Gasteiger partial charge in [-0.3, -0.25) is 14.7 Å². The number of hydrogen-bond donors (Lipinski definition) is 0. The van der Waals surface area contributed by atoms with Crippen molar-refractivity contribution in [3.63, 3.8) is 0 Å². The van der Waals surface area contributed by atoms with E-state index in [2.05, 4.69) is 153 Å². The van der Waals surface area contributed by atoms with E-state index in [0.29, 0.717) is 10.8 Å². The number of allylic oxidation sites excluding steroid dienone is 1. The molecule has 0 atom stereocenters. The lowest BCUT2D eigenvalue weighted by Crippen LogP contribution is -2.41. The van der Waals surface area contributed by atoms with Gasteiger partial charge in [0.25, 0.3) is 0 Å². The van der Waals surface area contributed by atoms with Crippen molar-refractivity contribution in [3.05, 3.63) is 143 Å². The molecule has 59 heavy (non-hydrogen) atoms. The molecule has 0 aliphatic carbocycles. The van der Waals surface area contributed by atoms with E-state index >= 15 is 0 Å². The van der Waals surface area contributed by atoms with Crippen LogP contribution < -0.4 is 9.47 Å². The molecule has 4 aromatic rings. The molecule has 0 amide bonds. The second-order valence-corrected chi connectivity index (χ2v) is 19.1. The van der Waals surface area contributed by atoms with Gasteiger partial charge in [-0.1, -0.05) is 96.9 Å². The standard InChI is InChI=1S/C27H37NO.C26H36N2O.CH4/c1-22(2)20-27(15-5-6-24-9-7-23(3)8-10-24)16-18-28(19-17-27)21-25-11-13-26(29-4)14-12-25;1-21-5-7-23(8-6-21)18-28-20-26(19-25(28,2)3)13-15-27(16-14-26)17-22-9-11-24(29-4)12-10-22;/h7-14H,1,5-6,15-21H2,2-4H3;5-12H,13-20H2,1-4H3;1H4. The maximum absolute atomic E-state index is 5.28. The van der Waals surface area contributed by atoms with Gasteiger partial charge in [0.15, 0.2) is 0 Å². The minimum Gasteiger partial charge on any atom is -0.497 e. The minimum atomic E-state index is 0. The first-order valence-electron chi connectivity index (χ1n) is 22.1. The smallest absolute Gasteiger partial charge is 0.118 e. The van der Waals surface area contributed by atoms with Crippen molar-refractivity contribution in [1.29, 1.82) is 0 Å². The number of ether oxygens (including phenoxy) is 2. The third-order valence-electron chi connectivity index (χ3n) is 13.6. The van der Waals surface area contributed by atoms with Crippen LogP contribution in [0.4, 0.5) is 0 Å². The second kappa shape index (κ2) is 21.1. The zero-order chi connectivity index (χ0) is 41.2. The summed E-state index contributed by atoms with van der Waals surface area (Å²) in [6.45, 7) is 24.8. The molecular formula is C54H77N3O2. The Hall–Kier alpha value is -3.90. The predicted octanol–water partition coefficient (Wildman–Crippen LogP) is 12.5. The Labute approximate surface area is 359 Å². The first-order valence-corrected chi connectivity index (χ1v) is 22.1. The molecule has 0 aromatic heterocycles. The highest BCUT2D eigenvalue weighted by Gasteiger charge is 2.49. The summed E-state index contributed by atoms with van der Waals surface area (Å²) in [5.74, 6) is 1.87. The van der Waals surface area contributed by atoms with Crippen LogP contribution in [0.25, 0.3) is 0 Å². The first kappa shape index (κ1) is 46.2. The Morgan fingerprint density at radius 2 is 1.03 bits per heavy atom. The molecule has 3 fully saturated rings. The number of benzene rings is 4. The van der Waals surface area contributed by atoms with Crippen LogP contribution in [-0.2, 0) is 26.1 Å². The number of nitrogens with zero attached hydrogens (tertiary/aromatic N) is 3. The molecule has 7 rings (SSSR count). The van der Waals surface area contributed by atoms with Crippen LogP contribution in [0.1, 0.15) is 113 Å². The predicted molar refractivity (Wildman–Crippen MR) is 250 cm³/mol. The molecule has 3 aliphatic heterocycles. The molecule has 0 unspecified atom stereocenters. The van der Waals surface area contributed by atoms with Gasteiger partial charge in [0.1, 0.15) is 11.5 Å². The Bertz CT molecular complexity index is 1850. The summed E-state index contributed by atoms with van der Waals surface area (Å²) in [7, 11) is 3.45. The highest BCUT2D eigenvalue weighted by molar-refractivity contribution is 5.28. The molecule has 5 heteroatoms. The van der Waals surface area contributed by atoms with Crippen molar-refractivity contribution >= 4 is 0 Å². The highest BCUT2D eigenvalue weighted by atomic mass is 16.5. The molecule has 1 spiro atoms. The third kappa shape index (κ3) is 13.3. The Morgan fingerprint density at radius 1 is 0.610 bits per heavy atom. The second-order valence-electron chi connectivity index (χ2n) is 19.1. The van der Waals surface area contributed by atoms with Crippen molar-refractivity contribution in [1.82, 2.24) is 14.7 Å². The molecule has 3 heterocycles. The summed E-state index contributed by atoms with van der Waals surface area (Å²) in [4.78, 5) is 7.97. The van der Waals surface area contributed by atoms with Gasteiger partial charge in [-0.15, -0.1) is 6.58 Å². The topological polar surface area (TPSA) is 28.2 Å². The fraction of sp³-hybridized carbons (Fsp3) is 0.519. The summed E-state index contributed by atoms with van der Waals surface area (Å²) in [5.41, 5.74) is 10.9. The number of aryl methyl sites for hydroxylation is 3. The summed E-state index contributed by atoms with van der Waals surface area (Å²) in [6.07, 6.45) is 11.5. The lowest BCUT2D eigenvalue weighted by molar-refractivity contribution is 0.0883. The quantitative estimate of drug-likeness (QED) is 0.118. The van der Waals surface area contributed by atoms with E-state index in [1.807, 2.05) is 0 Å². The Balaban J connectivity index is 0.000000220. The van der Waals surface area contributed by atoms with E-state index in [0.717, 1.165) is 31.1 Å². The monoisotopic (exact) mass is 800 g/mol. The molecule has 3 aliphatic rings. The third-order valence-corrected chi connectivity index (χ3v) is 13.6. The summed E-state index contributed by atoms with van der Waals surface area (Å²) >= 11 is 0. The van der Waals surface area contributed by atoms with Crippen LogP contribution in [0.3, 0.4) is 0 Å². The van der Waals surface area contributed by atoms with Gasteiger partial charge in [0.2, 0.25) is 0 Å². The van der Waals surface area contributed by atoms with Gasteiger partial charge in [-0.05, 0) is 176 Å². The van der Waals surface area contributed by atoms with Gasteiger partial charge >= 0.3 is 0 Å². The Morgan fingerprint density at radius 3 is 1.49 bits per heavy atom. The fourth-order valence-corrected chi connectivity index (χ4v) is 10.1. The van der Waals surface area contributed by atoms with E-state index in [9.17, 15) is 0 Å². The lowest BCUT2D eigenvalue weighted by Gasteiger charge is -2.42. The largest absolute Gasteiger partial charge is 0.497 e. The normalized spacial score (nSPS) is 18.7.